The van der Waals surface area contributed by atoms with E-state index >= 15 is 0 Å². The van der Waals surface area contributed by atoms with E-state index in [2.05, 4.69) is 42.7 Å². The Morgan fingerprint density at radius 2 is 2.00 bits per heavy atom. The number of allylic oxidation sites excluding steroid dienone is 1. The summed E-state index contributed by atoms with van der Waals surface area (Å²) in [5, 5.41) is 6.36. The highest BCUT2D eigenvalue weighted by Crippen LogP contribution is 2.23. The van der Waals surface area contributed by atoms with Gasteiger partial charge in [-0.1, -0.05) is 27.4 Å². The maximum atomic E-state index is 12.3. The highest BCUT2D eigenvalue weighted by molar-refractivity contribution is 5.61. The second-order valence-corrected chi connectivity index (χ2v) is 6.15. The third-order valence-corrected chi connectivity index (χ3v) is 3.50. The maximum Gasteiger partial charge on any atom is 0.271 e. The topological polar surface area (TPSA) is 62.7 Å². The van der Waals surface area contributed by atoms with Crippen molar-refractivity contribution in [3.05, 3.63) is 52.7 Å². The third kappa shape index (κ3) is 3.24. The lowest BCUT2D eigenvalue weighted by Crippen LogP contribution is -2.26. The molecule has 0 saturated heterocycles. The number of aryl methyl sites for hydroxylation is 1. The Morgan fingerprint density at radius 3 is 2.57 bits per heavy atom. The summed E-state index contributed by atoms with van der Waals surface area (Å²) in [4.78, 5) is 16.3. The predicted molar refractivity (Wildman–Crippen MR) is 84.7 cm³/mol. The summed E-state index contributed by atoms with van der Waals surface area (Å²) in [6, 6.07) is 3.76. The first-order chi connectivity index (χ1) is 9.80. The molecule has 0 amide bonds. The number of aromatic amines is 1. The molecule has 0 aromatic carbocycles. The number of aromatic nitrogens is 3. The van der Waals surface area contributed by atoms with E-state index in [0.29, 0.717) is 12.1 Å². The molecule has 5 heteroatoms. The minimum atomic E-state index is -0.0433. The molecule has 0 aliphatic heterocycles. The summed E-state index contributed by atoms with van der Waals surface area (Å²) in [6.45, 7) is 10.7. The Labute approximate surface area is 124 Å². The Balaban J connectivity index is 2.32. The summed E-state index contributed by atoms with van der Waals surface area (Å²) < 4.78 is 1.49. The van der Waals surface area contributed by atoms with Crippen molar-refractivity contribution in [1.82, 2.24) is 20.1 Å². The van der Waals surface area contributed by atoms with Crippen molar-refractivity contribution < 1.29 is 0 Å². The number of pyridine rings is 1. The van der Waals surface area contributed by atoms with Gasteiger partial charge in [-0.3, -0.25) is 19.6 Å². The van der Waals surface area contributed by atoms with Crippen LogP contribution >= 0.6 is 0 Å². The molecule has 112 valence electrons. The van der Waals surface area contributed by atoms with Crippen LogP contribution in [0, 0.1) is 5.41 Å². The fourth-order valence-corrected chi connectivity index (χ4v) is 1.98. The van der Waals surface area contributed by atoms with Crippen molar-refractivity contribution in [2.75, 3.05) is 0 Å². The number of rotatable bonds is 4. The van der Waals surface area contributed by atoms with Crippen molar-refractivity contribution in [2.45, 2.75) is 27.3 Å². The number of hydrogen-bond acceptors (Lipinski definition) is 3. The summed E-state index contributed by atoms with van der Waals surface area (Å²) >= 11 is 0. The van der Waals surface area contributed by atoms with E-state index in [9.17, 15) is 4.79 Å². The van der Waals surface area contributed by atoms with E-state index in [1.807, 2.05) is 12.1 Å². The van der Waals surface area contributed by atoms with Crippen LogP contribution in [0.3, 0.4) is 0 Å². The molecule has 0 unspecified atom stereocenters. The average Bonchev–Trinajstić information content (AvgIpc) is 2.72. The summed E-state index contributed by atoms with van der Waals surface area (Å²) in [5.41, 5.74) is 3.30. The molecule has 0 spiro atoms. The lowest BCUT2D eigenvalue weighted by molar-refractivity contribution is 0.461. The fraction of sp³-hybridized carbons (Fsp3) is 0.375. The van der Waals surface area contributed by atoms with Crippen LogP contribution in [0.2, 0.25) is 0 Å². The Morgan fingerprint density at radius 1 is 1.38 bits per heavy atom. The SMILES string of the molecule is C=C(NCc1c(-c2ccncc2)[nH]n(C)c1=O)C(C)(C)C. The fourth-order valence-electron chi connectivity index (χ4n) is 1.98. The first-order valence-electron chi connectivity index (χ1n) is 6.92. The van der Waals surface area contributed by atoms with Gasteiger partial charge in [-0.25, -0.2) is 0 Å². The molecule has 0 atom stereocenters. The van der Waals surface area contributed by atoms with Gasteiger partial charge in [-0.15, -0.1) is 0 Å². The summed E-state index contributed by atoms with van der Waals surface area (Å²) in [5.74, 6) is 0. The molecule has 2 aromatic rings. The smallest absolute Gasteiger partial charge is 0.271 e. The molecule has 0 aliphatic carbocycles. The van der Waals surface area contributed by atoms with Gasteiger partial charge in [0.25, 0.3) is 5.56 Å². The molecule has 2 heterocycles. The first kappa shape index (κ1) is 15.1. The number of hydrogen-bond donors (Lipinski definition) is 2. The van der Waals surface area contributed by atoms with E-state index in [1.165, 1.54) is 4.68 Å². The van der Waals surface area contributed by atoms with Gasteiger partial charge in [-0.2, -0.15) is 0 Å². The summed E-state index contributed by atoms with van der Waals surface area (Å²) in [7, 11) is 1.72. The van der Waals surface area contributed by atoms with Gasteiger partial charge in [0.1, 0.15) is 0 Å². The second-order valence-electron chi connectivity index (χ2n) is 6.15. The minimum absolute atomic E-state index is 0.0315. The van der Waals surface area contributed by atoms with Gasteiger partial charge in [0.05, 0.1) is 11.3 Å². The zero-order valence-electron chi connectivity index (χ0n) is 13.0. The Hall–Kier alpha value is -2.30. The van der Waals surface area contributed by atoms with E-state index in [0.717, 1.165) is 17.0 Å². The van der Waals surface area contributed by atoms with Crippen LogP contribution in [-0.4, -0.2) is 14.8 Å². The van der Waals surface area contributed by atoms with Crippen LogP contribution in [0.4, 0.5) is 0 Å². The zero-order valence-corrected chi connectivity index (χ0v) is 13.0. The van der Waals surface area contributed by atoms with Crippen LogP contribution < -0.4 is 10.9 Å². The van der Waals surface area contributed by atoms with Gasteiger partial charge in [0, 0.05) is 42.7 Å². The van der Waals surface area contributed by atoms with Crippen molar-refractivity contribution in [2.24, 2.45) is 12.5 Å². The maximum absolute atomic E-state index is 12.3. The van der Waals surface area contributed by atoms with Gasteiger partial charge in [0.2, 0.25) is 0 Å². The van der Waals surface area contributed by atoms with Crippen LogP contribution in [0.25, 0.3) is 11.3 Å². The van der Waals surface area contributed by atoms with E-state index in [1.54, 1.807) is 19.4 Å². The first-order valence-corrected chi connectivity index (χ1v) is 6.92. The molecule has 0 bridgehead atoms. The number of nitrogens with zero attached hydrogens (tertiary/aromatic N) is 2. The average molecular weight is 286 g/mol. The van der Waals surface area contributed by atoms with Gasteiger partial charge in [-0.05, 0) is 12.1 Å². The lowest BCUT2D eigenvalue weighted by Gasteiger charge is -2.23. The van der Waals surface area contributed by atoms with E-state index in [4.69, 9.17) is 0 Å². The zero-order chi connectivity index (χ0) is 15.6. The van der Waals surface area contributed by atoms with Crippen molar-refractivity contribution in [3.63, 3.8) is 0 Å². The standard InChI is InChI=1S/C16H22N4O/c1-11(16(2,3)4)18-10-13-14(19-20(5)15(13)21)12-6-8-17-9-7-12/h6-9,18-19H,1,10H2,2-5H3. The highest BCUT2D eigenvalue weighted by Gasteiger charge is 2.18. The molecule has 0 fully saturated rings. The molecule has 5 nitrogen and oxygen atoms in total. The largest absolute Gasteiger partial charge is 0.384 e. The van der Waals surface area contributed by atoms with Crippen LogP contribution in [0.15, 0.2) is 41.6 Å². The second kappa shape index (κ2) is 5.60. The normalized spacial score (nSPS) is 11.4. The van der Waals surface area contributed by atoms with E-state index < -0.39 is 0 Å². The molecule has 2 aromatic heterocycles. The monoisotopic (exact) mass is 286 g/mol. The molecule has 2 rings (SSSR count). The molecular weight excluding hydrogens is 264 g/mol. The molecule has 2 N–H and O–H groups in total. The number of nitrogens with one attached hydrogen (secondary N) is 2. The van der Waals surface area contributed by atoms with Crippen molar-refractivity contribution >= 4 is 0 Å². The van der Waals surface area contributed by atoms with Gasteiger partial charge >= 0.3 is 0 Å². The number of H-pyrrole nitrogens is 1. The van der Waals surface area contributed by atoms with Crippen LogP contribution in [0.5, 0.6) is 0 Å². The Kier molecular flexibility index (Phi) is 4.02. The molecule has 0 aliphatic rings. The van der Waals surface area contributed by atoms with E-state index in [-0.39, 0.29) is 11.0 Å². The predicted octanol–water partition coefficient (Wildman–Crippen LogP) is 2.42. The van der Waals surface area contributed by atoms with Crippen LogP contribution in [-0.2, 0) is 13.6 Å². The van der Waals surface area contributed by atoms with Crippen LogP contribution in [0.1, 0.15) is 26.3 Å². The van der Waals surface area contributed by atoms with Crippen molar-refractivity contribution in [3.8, 4) is 11.3 Å². The van der Waals surface area contributed by atoms with Gasteiger partial charge < -0.3 is 5.32 Å². The van der Waals surface area contributed by atoms with Crippen molar-refractivity contribution in [1.29, 1.82) is 0 Å². The lowest BCUT2D eigenvalue weighted by atomic mass is 9.93. The third-order valence-electron chi connectivity index (χ3n) is 3.50. The van der Waals surface area contributed by atoms with Gasteiger partial charge in [0.15, 0.2) is 0 Å². The quantitative estimate of drug-likeness (QED) is 0.907. The molecular formula is C16H22N4O. The minimum Gasteiger partial charge on any atom is -0.384 e. The molecule has 0 radical (unpaired) electrons. The Bertz CT molecular complexity index is 689. The molecule has 21 heavy (non-hydrogen) atoms. The highest BCUT2D eigenvalue weighted by atomic mass is 16.1. The summed E-state index contributed by atoms with van der Waals surface area (Å²) in [6.07, 6.45) is 3.43. The molecule has 0 saturated carbocycles.